The first-order valence-corrected chi connectivity index (χ1v) is 7.72. The van der Waals surface area contributed by atoms with Crippen molar-refractivity contribution in [3.05, 3.63) is 16.1 Å². The summed E-state index contributed by atoms with van der Waals surface area (Å²) in [5.74, 6) is -1.13. The summed E-state index contributed by atoms with van der Waals surface area (Å²) < 4.78 is 4.92. The summed E-state index contributed by atoms with van der Waals surface area (Å²) >= 11 is 6.43. The van der Waals surface area contributed by atoms with E-state index in [2.05, 4.69) is 10.3 Å². The summed E-state index contributed by atoms with van der Waals surface area (Å²) in [6.07, 6.45) is -0.889. The van der Waals surface area contributed by atoms with E-state index in [9.17, 15) is 9.59 Å². The molecule has 6 nitrogen and oxygen atoms in total. The van der Waals surface area contributed by atoms with Crippen LogP contribution in [0.5, 0.6) is 0 Å². The van der Waals surface area contributed by atoms with E-state index in [0.717, 1.165) is 5.01 Å². The van der Waals surface area contributed by atoms with Crippen molar-refractivity contribution in [2.75, 3.05) is 0 Å². The molecule has 0 saturated heterocycles. The Bertz CT molecular complexity index is 540. The number of alkyl carbamates (subject to hydrolysis) is 1. The SMILES string of the molecule is CC(C)c1nc(C(=S)OC(=O)N[C@H](C(=O)O)C(C)C)cs1. The Hall–Kier alpha value is -1.54. The number of nitrogens with one attached hydrogen (secondary N) is 1. The second-order valence-corrected chi connectivity index (χ2v) is 6.37. The predicted molar refractivity (Wildman–Crippen MR) is 83.8 cm³/mol. The van der Waals surface area contributed by atoms with Crippen LogP contribution in [0, 0.1) is 5.92 Å². The zero-order valence-corrected chi connectivity index (χ0v) is 13.9. The lowest BCUT2D eigenvalue weighted by atomic mass is 10.1. The van der Waals surface area contributed by atoms with E-state index in [1.165, 1.54) is 11.3 Å². The highest BCUT2D eigenvalue weighted by Crippen LogP contribution is 2.19. The Kier molecular flexibility index (Phi) is 6.22. The largest absolute Gasteiger partial charge is 0.480 e. The molecule has 0 saturated carbocycles. The molecule has 0 aliphatic heterocycles. The van der Waals surface area contributed by atoms with E-state index in [4.69, 9.17) is 22.1 Å². The number of hydrogen-bond donors (Lipinski definition) is 2. The second-order valence-electron chi connectivity index (χ2n) is 5.11. The number of hydrogen-bond acceptors (Lipinski definition) is 6. The fourth-order valence-electron chi connectivity index (χ4n) is 1.45. The van der Waals surface area contributed by atoms with E-state index in [-0.39, 0.29) is 16.9 Å². The molecule has 0 aliphatic carbocycles. The van der Waals surface area contributed by atoms with Gasteiger partial charge in [0, 0.05) is 11.3 Å². The molecular formula is C13H18N2O4S2. The minimum absolute atomic E-state index is 0.0662. The van der Waals surface area contributed by atoms with Crippen molar-refractivity contribution in [3.63, 3.8) is 0 Å². The molecule has 1 rings (SSSR count). The molecule has 0 fully saturated rings. The molecule has 1 heterocycles. The molecule has 1 aromatic heterocycles. The van der Waals surface area contributed by atoms with Crippen molar-refractivity contribution in [3.8, 4) is 0 Å². The molecule has 2 N–H and O–H groups in total. The van der Waals surface area contributed by atoms with Gasteiger partial charge in [-0.15, -0.1) is 11.3 Å². The van der Waals surface area contributed by atoms with Crippen LogP contribution >= 0.6 is 23.6 Å². The van der Waals surface area contributed by atoms with Gasteiger partial charge in [0.05, 0.1) is 5.01 Å². The second kappa shape index (κ2) is 7.46. The van der Waals surface area contributed by atoms with Crippen molar-refractivity contribution in [2.45, 2.75) is 39.7 Å². The van der Waals surface area contributed by atoms with E-state index < -0.39 is 18.1 Å². The normalized spacial score (nSPS) is 12.3. The average Bonchev–Trinajstić information content (AvgIpc) is 2.84. The highest BCUT2D eigenvalue weighted by molar-refractivity contribution is 7.80. The van der Waals surface area contributed by atoms with Crippen molar-refractivity contribution in [1.29, 1.82) is 0 Å². The van der Waals surface area contributed by atoms with Crippen molar-refractivity contribution >= 4 is 40.7 Å². The molecule has 116 valence electrons. The Morgan fingerprint density at radius 1 is 1.38 bits per heavy atom. The number of rotatable bonds is 5. The van der Waals surface area contributed by atoms with E-state index in [1.54, 1.807) is 19.2 Å². The monoisotopic (exact) mass is 330 g/mol. The summed E-state index contributed by atoms with van der Waals surface area (Å²) in [5.41, 5.74) is 0.408. The molecule has 1 amide bonds. The predicted octanol–water partition coefficient (Wildman–Crippen LogP) is 2.78. The van der Waals surface area contributed by atoms with Gasteiger partial charge in [-0.25, -0.2) is 14.6 Å². The van der Waals surface area contributed by atoms with E-state index in [0.29, 0.717) is 5.69 Å². The van der Waals surface area contributed by atoms with Crippen LogP contribution in [0.4, 0.5) is 4.79 Å². The molecule has 1 atom stereocenters. The fraction of sp³-hybridized carbons (Fsp3) is 0.538. The minimum atomic E-state index is -1.12. The Balaban J connectivity index is 2.65. The number of amides is 1. The van der Waals surface area contributed by atoms with Crippen LogP contribution in [0.15, 0.2) is 5.38 Å². The molecule has 8 heteroatoms. The highest BCUT2D eigenvalue weighted by Gasteiger charge is 2.25. The van der Waals surface area contributed by atoms with Gasteiger partial charge in [-0.1, -0.05) is 27.7 Å². The van der Waals surface area contributed by atoms with E-state index >= 15 is 0 Å². The maximum Gasteiger partial charge on any atom is 0.414 e. The zero-order chi connectivity index (χ0) is 16.2. The van der Waals surface area contributed by atoms with Crippen molar-refractivity contribution in [2.24, 2.45) is 5.92 Å². The summed E-state index contributed by atoms with van der Waals surface area (Å²) in [6, 6.07) is -1.03. The smallest absolute Gasteiger partial charge is 0.414 e. The Morgan fingerprint density at radius 2 is 2.00 bits per heavy atom. The molecule has 1 aromatic rings. The third-order valence-corrected chi connectivity index (χ3v) is 4.05. The third kappa shape index (κ3) is 5.05. The summed E-state index contributed by atoms with van der Waals surface area (Å²) in [7, 11) is 0. The number of carbonyl (C=O) groups excluding carboxylic acids is 1. The van der Waals surface area contributed by atoms with Gasteiger partial charge in [0.2, 0.25) is 5.05 Å². The van der Waals surface area contributed by atoms with Crippen LogP contribution < -0.4 is 5.32 Å². The number of thiazole rings is 1. The molecule has 0 spiro atoms. The number of aliphatic carboxylic acids is 1. The van der Waals surface area contributed by atoms with Crippen LogP contribution in [0.2, 0.25) is 0 Å². The standard InChI is InChI=1S/C13H18N2O4S2/c1-6(2)9(11(16)17)15-13(18)19-12(20)8-5-21-10(14-8)7(3)4/h5-7,9H,1-4H3,(H,15,18)(H,16,17)/t9-/m0/s1. The average molecular weight is 330 g/mol. The lowest BCUT2D eigenvalue weighted by Gasteiger charge is -2.17. The van der Waals surface area contributed by atoms with Crippen LogP contribution in [0.1, 0.15) is 44.3 Å². The van der Waals surface area contributed by atoms with Crippen LogP contribution in [0.3, 0.4) is 0 Å². The molecule has 0 aliphatic rings. The molecule has 0 bridgehead atoms. The Labute approximate surface area is 132 Å². The first-order chi connectivity index (χ1) is 9.72. The first-order valence-electron chi connectivity index (χ1n) is 6.43. The van der Waals surface area contributed by atoms with Gasteiger partial charge in [0.1, 0.15) is 11.7 Å². The quantitative estimate of drug-likeness (QED) is 0.807. The summed E-state index contributed by atoms with van der Waals surface area (Å²) in [6.45, 7) is 7.37. The summed E-state index contributed by atoms with van der Waals surface area (Å²) in [4.78, 5) is 26.9. The van der Waals surface area contributed by atoms with Crippen LogP contribution in [0.25, 0.3) is 0 Å². The molecular weight excluding hydrogens is 312 g/mol. The van der Waals surface area contributed by atoms with Gasteiger partial charge in [0.15, 0.2) is 0 Å². The zero-order valence-electron chi connectivity index (χ0n) is 12.2. The number of aromatic nitrogens is 1. The van der Waals surface area contributed by atoms with Crippen molar-refractivity contribution < 1.29 is 19.4 Å². The summed E-state index contributed by atoms with van der Waals surface area (Å²) in [5, 5.41) is 13.8. The maximum atomic E-state index is 11.7. The number of nitrogens with zero attached hydrogens (tertiary/aromatic N) is 1. The van der Waals surface area contributed by atoms with Crippen LogP contribution in [-0.4, -0.2) is 33.2 Å². The lowest BCUT2D eigenvalue weighted by Crippen LogP contribution is -2.45. The van der Waals surface area contributed by atoms with Gasteiger partial charge >= 0.3 is 12.1 Å². The van der Waals surface area contributed by atoms with Gasteiger partial charge in [-0.3, -0.25) is 0 Å². The minimum Gasteiger partial charge on any atom is -0.480 e. The number of carboxylic acids is 1. The Morgan fingerprint density at radius 3 is 2.43 bits per heavy atom. The molecule has 21 heavy (non-hydrogen) atoms. The fourth-order valence-corrected chi connectivity index (χ4v) is 2.52. The molecule has 0 unspecified atom stereocenters. The number of ether oxygens (including phenoxy) is 1. The number of thiocarbonyl (C=S) groups is 1. The van der Waals surface area contributed by atoms with Gasteiger partial charge in [-0.05, 0) is 18.1 Å². The first kappa shape index (κ1) is 17.5. The molecule has 0 radical (unpaired) electrons. The molecule has 0 aromatic carbocycles. The van der Waals surface area contributed by atoms with Gasteiger partial charge < -0.3 is 15.2 Å². The van der Waals surface area contributed by atoms with Crippen molar-refractivity contribution in [1.82, 2.24) is 10.3 Å². The third-order valence-electron chi connectivity index (χ3n) is 2.62. The number of carbonyl (C=O) groups is 2. The van der Waals surface area contributed by atoms with Gasteiger partial charge in [-0.2, -0.15) is 0 Å². The maximum absolute atomic E-state index is 11.7. The topological polar surface area (TPSA) is 88.5 Å². The van der Waals surface area contributed by atoms with E-state index in [1.807, 2.05) is 13.8 Å². The highest BCUT2D eigenvalue weighted by atomic mass is 32.1. The van der Waals surface area contributed by atoms with Gasteiger partial charge in [0.25, 0.3) is 0 Å². The lowest BCUT2D eigenvalue weighted by molar-refractivity contribution is -0.140. The van der Waals surface area contributed by atoms with Crippen LogP contribution in [-0.2, 0) is 9.53 Å². The number of carboxylic acid groups (broad SMARTS) is 1.